The molecule has 0 radical (unpaired) electrons. The van der Waals surface area contributed by atoms with Crippen molar-refractivity contribution >= 4 is 12.4 Å². The summed E-state index contributed by atoms with van der Waals surface area (Å²) in [5.74, 6) is 1.64. The van der Waals surface area contributed by atoms with E-state index >= 15 is 0 Å². The van der Waals surface area contributed by atoms with Crippen LogP contribution in [0.25, 0.3) is 0 Å². The Balaban J connectivity index is 0.00000208. The van der Waals surface area contributed by atoms with Crippen molar-refractivity contribution in [2.75, 3.05) is 7.11 Å². The summed E-state index contributed by atoms with van der Waals surface area (Å²) in [4.78, 5) is 0. The molecule has 0 aliphatic heterocycles. The molecule has 0 amide bonds. The number of halogens is 1. The summed E-state index contributed by atoms with van der Waals surface area (Å²) in [6, 6.07) is 15.2. The molecule has 1 aliphatic rings. The first-order chi connectivity index (χ1) is 11.2. The van der Waals surface area contributed by atoms with Crippen molar-refractivity contribution in [3.05, 3.63) is 59.7 Å². The first-order valence-corrected chi connectivity index (χ1v) is 7.97. The zero-order valence-electron chi connectivity index (χ0n) is 13.7. The number of rotatable bonds is 7. The Hall–Kier alpha value is -1.75. The van der Waals surface area contributed by atoms with E-state index in [0.717, 1.165) is 24.0 Å². The SMILES string of the molecule is COc1ccc([C@@H](N)[C@@H](O)C2CC2)cc1OCc1ccccc1.Cl. The Kier molecular flexibility index (Phi) is 6.49. The fourth-order valence-electron chi connectivity index (χ4n) is 2.68. The summed E-state index contributed by atoms with van der Waals surface area (Å²) in [6.45, 7) is 0.459. The fourth-order valence-corrected chi connectivity index (χ4v) is 2.68. The number of hydrogen-bond donors (Lipinski definition) is 2. The monoisotopic (exact) mass is 349 g/mol. The molecule has 2 aromatic carbocycles. The maximum atomic E-state index is 10.2. The number of aliphatic hydroxyl groups excluding tert-OH is 1. The topological polar surface area (TPSA) is 64.7 Å². The summed E-state index contributed by atoms with van der Waals surface area (Å²) in [6.07, 6.45) is 1.62. The molecule has 0 saturated heterocycles. The molecular formula is C19H24ClNO3. The van der Waals surface area contributed by atoms with Gasteiger partial charge in [0.05, 0.1) is 19.3 Å². The van der Waals surface area contributed by atoms with Gasteiger partial charge in [-0.25, -0.2) is 0 Å². The van der Waals surface area contributed by atoms with E-state index < -0.39 is 12.1 Å². The van der Waals surface area contributed by atoms with Gasteiger partial charge in [-0.3, -0.25) is 0 Å². The lowest BCUT2D eigenvalue weighted by Gasteiger charge is -2.20. The Bertz CT molecular complexity index is 646. The van der Waals surface area contributed by atoms with Gasteiger partial charge in [-0.2, -0.15) is 0 Å². The van der Waals surface area contributed by atoms with Crippen LogP contribution in [0.4, 0.5) is 0 Å². The molecule has 2 aromatic rings. The molecule has 24 heavy (non-hydrogen) atoms. The molecule has 5 heteroatoms. The first-order valence-electron chi connectivity index (χ1n) is 7.97. The van der Waals surface area contributed by atoms with Gasteiger partial charge in [-0.05, 0) is 42.0 Å². The highest BCUT2D eigenvalue weighted by molar-refractivity contribution is 5.85. The third kappa shape index (κ3) is 4.41. The number of benzene rings is 2. The Labute approximate surface area is 149 Å². The molecule has 130 valence electrons. The minimum atomic E-state index is -0.495. The van der Waals surface area contributed by atoms with Crippen LogP contribution in [0.2, 0.25) is 0 Å². The molecule has 0 heterocycles. The van der Waals surface area contributed by atoms with Crippen molar-refractivity contribution in [3.8, 4) is 11.5 Å². The molecule has 0 spiro atoms. The van der Waals surface area contributed by atoms with Crippen molar-refractivity contribution in [2.45, 2.75) is 31.6 Å². The molecule has 3 rings (SSSR count). The summed E-state index contributed by atoms with van der Waals surface area (Å²) < 4.78 is 11.3. The summed E-state index contributed by atoms with van der Waals surface area (Å²) >= 11 is 0. The third-order valence-electron chi connectivity index (χ3n) is 4.28. The van der Waals surface area contributed by atoms with Crippen LogP contribution >= 0.6 is 12.4 Å². The normalized spacial score (nSPS) is 16.0. The lowest BCUT2D eigenvalue weighted by atomic mass is 9.99. The van der Waals surface area contributed by atoms with Gasteiger partial charge in [-0.1, -0.05) is 36.4 Å². The highest BCUT2D eigenvalue weighted by atomic mass is 35.5. The predicted molar refractivity (Wildman–Crippen MR) is 96.7 cm³/mol. The minimum absolute atomic E-state index is 0. The fraction of sp³-hybridized carbons (Fsp3) is 0.368. The largest absolute Gasteiger partial charge is 0.493 e. The lowest BCUT2D eigenvalue weighted by Crippen LogP contribution is -2.27. The van der Waals surface area contributed by atoms with Crippen LogP contribution in [-0.2, 0) is 6.61 Å². The molecule has 2 atom stereocenters. The van der Waals surface area contributed by atoms with E-state index in [1.807, 2.05) is 48.5 Å². The second kappa shape index (κ2) is 8.38. The van der Waals surface area contributed by atoms with E-state index in [1.54, 1.807) is 7.11 Å². The van der Waals surface area contributed by atoms with Gasteiger partial charge >= 0.3 is 0 Å². The Morgan fingerprint density at radius 3 is 2.46 bits per heavy atom. The van der Waals surface area contributed by atoms with Crippen LogP contribution < -0.4 is 15.2 Å². The predicted octanol–water partition coefficient (Wildman–Crippen LogP) is 3.47. The lowest BCUT2D eigenvalue weighted by molar-refractivity contribution is 0.122. The molecule has 4 nitrogen and oxygen atoms in total. The van der Waals surface area contributed by atoms with Gasteiger partial charge in [0.1, 0.15) is 6.61 Å². The third-order valence-corrected chi connectivity index (χ3v) is 4.28. The molecule has 0 bridgehead atoms. The molecule has 0 aromatic heterocycles. The molecule has 1 aliphatic carbocycles. The van der Waals surface area contributed by atoms with Gasteiger partial charge in [0.2, 0.25) is 0 Å². The number of ether oxygens (including phenoxy) is 2. The van der Waals surface area contributed by atoms with E-state index in [0.29, 0.717) is 24.0 Å². The van der Waals surface area contributed by atoms with Gasteiger partial charge in [-0.15, -0.1) is 12.4 Å². The number of hydrogen-bond acceptors (Lipinski definition) is 4. The van der Waals surface area contributed by atoms with Gasteiger partial charge in [0.25, 0.3) is 0 Å². The number of methoxy groups -OCH3 is 1. The summed E-state index contributed by atoms with van der Waals surface area (Å²) in [7, 11) is 1.61. The van der Waals surface area contributed by atoms with Crippen LogP contribution in [0, 0.1) is 5.92 Å². The van der Waals surface area contributed by atoms with Gasteiger partial charge < -0.3 is 20.3 Å². The number of nitrogens with two attached hydrogens (primary N) is 1. The van der Waals surface area contributed by atoms with Crippen molar-refractivity contribution in [3.63, 3.8) is 0 Å². The summed E-state index contributed by atoms with van der Waals surface area (Å²) in [5.41, 5.74) is 8.15. The maximum Gasteiger partial charge on any atom is 0.161 e. The van der Waals surface area contributed by atoms with Gasteiger partial charge in [0, 0.05) is 0 Å². The van der Waals surface area contributed by atoms with Crippen molar-refractivity contribution in [1.29, 1.82) is 0 Å². The Morgan fingerprint density at radius 2 is 1.83 bits per heavy atom. The van der Waals surface area contributed by atoms with E-state index in [-0.39, 0.29) is 12.4 Å². The van der Waals surface area contributed by atoms with E-state index in [4.69, 9.17) is 15.2 Å². The average Bonchev–Trinajstić information content (AvgIpc) is 3.44. The van der Waals surface area contributed by atoms with Crippen molar-refractivity contribution in [1.82, 2.24) is 0 Å². The molecule has 1 saturated carbocycles. The van der Waals surface area contributed by atoms with Crippen LogP contribution in [0.3, 0.4) is 0 Å². The van der Waals surface area contributed by atoms with Crippen LogP contribution in [-0.4, -0.2) is 18.3 Å². The Morgan fingerprint density at radius 1 is 1.12 bits per heavy atom. The first kappa shape index (κ1) is 18.6. The zero-order chi connectivity index (χ0) is 16.2. The highest BCUT2D eigenvalue weighted by Gasteiger charge is 2.34. The smallest absolute Gasteiger partial charge is 0.161 e. The standard InChI is InChI=1S/C19H23NO3.ClH/c1-22-16-10-9-15(18(20)19(21)14-7-8-14)11-17(16)23-12-13-5-3-2-4-6-13;/h2-6,9-11,14,18-19,21H,7-8,12,20H2,1H3;1H/t18-,19+;/m1./s1. The summed E-state index contributed by atoms with van der Waals surface area (Å²) in [5, 5.41) is 10.2. The molecule has 0 unspecified atom stereocenters. The van der Waals surface area contributed by atoms with Crippen LogP contribution in [0.1, 0.15) is 30.0 Å². The average molecular weight is 350 g/mol. The molecule has 3 N–H and O–H groups in total. The maximum absolute atomic E-state index is 10.2. The second-order valence-electron chi connectivity index (χ2n) is 6.04. The zero-order valence-corrected chi connectivity index (χ0v) is 14.5. The minimum Gasteiger partial charge on any atom is -0.493 e. The van der Waals surface area contributed by atoms with Crippen molar-refractivity contribution in [2.24, 2.45) is 11.7 Å². The second-order valence-corrected chi connectivity index (χ2v) is 6.04. The molecule has 1 fully saturated rings. The highest BCUT2D eigenvalue weighted by Crippen LogP contribution is 2.39. The number of aliphatic hydroxyl groups is 1. The van der Waals surface area contributed by atoms with Crippen molar-refractivity contribution < 1.29 is 14.6 Å². The van der Waals surface area contributed by atoms with Crippen LogP contribution in [0.5, 0.6) is 11.5 Å². The van der Waals surface area contributed by atoms with E-state index in [1.165, 1.54) is 0 Å². The van der Waals surface area contributed by atoms with Gasteiger partial charge in [0.15, 0.2) is 11.5 Å². The van der Waals surface area contributed by atoms with E-state index in [9.17, 15) is 5.11 Å². The quantitative estimate of drug-likeness (QED) is 0.803. The van der Waals surface area contributed by atoms with Crippen LogP contribution in [0.15, 0.2) is 48.5 Å². The molecular weight excluding hydrogens is 326 g/mol. The van der Waals surface area contributed by atoms with E-state index in [2.05, 4.69) is 0 Å².